The van der Waals surface area contributed by atoms with Crippen LogP contribution >= 0.6 is 0 Å². The Morgan fingerprint density at radius 1 is 0.274 bits per heavy atom. The minimum atomic E-state index is -4.95. The van der Waals surface area contributed by atoms with Crippen LogP contribution in [0.15, 0.2) is 182 Å². The molecule has 10 aromatic carbocycles. The van der Waals surface area contributed by atoms with E-state index in [0.29, 0.717) is 88.1 Å². The predicted octanol–water partition coefficient (Wildman–Crippen LogP) is 16.1. The SMILES string of the molecule is N#Cc1cc(C#N)cc(-c2ccc3c4ccc(-c5cc(C#N)cc(C#N)c5)cc4n(-c4cc(C#N)cc(-n5c6cc(-c7cc(C#N)cc(C#N)c7)ccc6c6ccc(-c7cc(C#N)cc(C#N)c7)cc65)c4-c4ccccc4C(F)(F)F)c3c2)c1. The molecule has 84 heavy (non-hydrogen) atoms. The quantitative estimate of drug-likeness (QED) is 0.148. The zero-order valence-corrected chi connectivity index (χ0v) is 43.4. The second kappa shape index (κ2) is 20.3. The van der Waals surface area contributed by atoms with Gasteiger partial charge in [-0.2, -0.15) is 60.5 Å². The summed E-state index contributed by atoms with van der Waals surface area (Å²) >= 11 is 0. The molecule has 2 aromatic heterocycles. The van der Waals surface area contributed by atoms with Gasteiger partial charge in [0.15, 0.2) is 0 Å². The first kappa shape index (κ1) is 51.7. The van der Waals surface area contributed by atoms with Crippen molar-refractivity contribution in [2.24, 2.45) is 0 Å². The summed E-state index contributed by atoms with van der Waals surface area (Å²) in [6.07, 6.45) is -4.95. The molecule has 14 heteroatoms. The van der Waals surface area contributed by atoms with Crippen molar-refractivity contribution in [2.75, 3.05) is 0 Å². The van der Waals surface area contributed by atoms with Gasteiger partial charge in [0.2, 0.25) is 0 Å². The highest BCUT2D eigenvalue weighted by Gasteiger charge is 2.36. The molecule has 12 aromatic rings. The average molecular weight is 1080 g/mol. The van der Waals surface area contributed by atoms with Crippen LogP contribution in [-0.4, -0.2) is 9.13 Å². The van der Waals surface area contributed by atoms with E-state index in [1.807, 2.05) is 72.8 Å². The third-order valence-electron chi connectivity index (χ3n) is 14.8. The Morgan fingerprint density at radius 2 is 0.524 bits per heavy atom. The van der Waals surface area contributed by atoms with Crippen molar-refractivity contribution in [2.45, 2.75) is 6.18 Å². The summed E-state index contributed by atoms with van der Waals surface area (Å²) in [7, 11) is 0. The lowest BCUT2D eigenvalue weighted by molar-refractivity contribution is -0.137. The Labute approximate surface area is 476 Å². The van der Waals surface area contributed by atoms with Gasteiger partial charge in [0.05, 0.1) is 144 Å². The van der Waals surface area contributed by atoms with Gasteiger partial charge in [0.1, 0.15) is 0 Å². The number of alkyl halides is 3. The molecular formula is C70H30F3N11. The Bertz CT molecular complexity index is 4640. The fraction of sp³-hybridized carbons (Fsp3) is 0.0143. The molecule has 0 saturated carbocycles. The highest BCUT2D eigenvalue weighted by Crippen LogP contribution is 2.48. The molecule has 386 valence electrons. The number of fused-ring (bicyclic) bond motifs is 6. The van der Waals surface area contributed by atoms with Crippen molar-refractivity contribution in [1.29, 1.82) is 47.4 Å². The van der Waals surface area contributed by atoms with Gasteiger partial charge in [-0.3, -0.25) is 0 Å². The van der Waals surface area contributed by atoms with Crippen molar-refractivity contribution in [3.63, 3.8) is 0 Å². The standard InChI is InChI=1S/C70H30F3N11/c71-70(72,73)62-4-2-1-3-61(62)69-67(83-63-27-49(53-17-40(31-74)13-41(18-53)32-75)5-9-57(63)58-10-6-50(28-64(58)83)54-19-42(33-76)14-43(20-54)34-77)25-48(39-82)26-68(69)84-65-29-51(55-21-44(35-78)15-45(22-55)36-79)7-11-59(65)60-12-8-52(30-66(60)84)56-23-46(37-80)16-47(24-56)38-81/h1-30H. The summed E-state index contributed by atoms with van der Waals surface area (Å²) in [4.78, 5) is 0. The maximum atomic E-state index is 16.0. The molecule has 0 bridgehead atoms. The number of hydrogen-bond donors (Lipinski definition) is 0. The van der Waals surface area contributed by atoms with Gasteiger partial charge in [-0.05, 0) is 165 Å². The van der Waals surface area contributed by atoms with Gasteiger partial charge >= 0.3 is 6.18 Å². The van der Waals surface area contributed by atoms with Crippen molar-refractivity contribution in [1.82, 2.24) is 9.13 Å². The van der Waals surface area contributed by atoms with Crippen LogP contribution in [0.25, 0.3) is 111 Å². The normalized spacial score (nSPS) is 10.9. The van der Waals surface area contributed by atoms with Crippen LogP contribution in [-0.2, 0) is 6.18 Å². The number of rotatable bonds is 7. The first-order chi connectivity index (χ1) is 40.8. The lowest BCUT2D eigenvalue weighted by Gasteiger charge is -2.23. The van der Waals surface area contributed by atoms with E-state index in [4.69, 9.17) is 0 Å². The third kappa shape index (κ3) is 8.84. The minimum Gasteiger partial charge on any atom is -0.308 e. The first-order valence-electron chi connectivity index (χ1n) is 25.5. The summed E-state index contributed by atoms with van der Waals surface area (Å²) in [5.74, 6) is 0. The van der Waals surface area contributed by atoms with E-state index in [2.05, 4.69) is 54.6 Å². The Morgan fingerprint density at radius 3 is 0.774 bits per heavy atom. The highest BCUT2D eigenvalue weighted by molar-refractivity contribution is 6.14. The second-order valence-electron chi connectivity index (χ2n) is 19.7. The van der Waals surface area contributed by atoms with E-state index in [1.165, 1.54) is 54.6 Å². The summed E-state index contributed by atoms with van der Waals surface area (Å²) in [5, 5.41) is 94.2. The molecule has 0 aliphatic carbocycles. The predicted molar refractivity (Wildman–Crippen MR) is 310 cm³/mol. The summed E-state index contributed by atoms with van der Waals surface area (Å²) in [6, 6.07) is 68.1. The molecule has 0 spiro atoms. The van der Waals surface area contributed by atoms with Crippen molar-refractivity contribution in [3.05, 3.63) is 238 Å². The van der Waals surface area contributed by atoms with Crippen LogP contribution in [0.2, 0.25) is 0 Å². The summed E-state index contributed by atoms with van der Waals surface area (Å²) in [6.45, 7) is 0. The van der Waals surface area contributed by atoms with Gasteiger partial charge in [0.25, 0.3) is 0 Å². The molecule has 0 unspecified atom stereocenters. The topological polar surface area (TPSA) is 224 Å². The maximum absolute atomic E-state index is 16.0. The number of nitrogens with zero attached hydrogens (tertiary/aromatic N) is 11. The van der Waals surface area contributed by atoms with E-state index in [0.717, 1.165) is 6.07 Å². The first-order valence-corrected chi connectivity index (χ1v) is 25.5. The van der Waals surface area contributed by atoms with E-state index in [9.17, 15) is 47.4 Å². The highest BCUT2D eigenvalue weighted by atomic mass is 19.4. The molecule has 0 atom stereocenters. The van der Waals surface area contributed by atoms with Gasteiger partial charge in [-0.25, -0.2) is 0 Å². The molecule has 2 heterocycles. The van der Waals surface area contributed by atoms with Gasteiger partial charge in [-0.1, -0.05) is 66.7 Å². The fourth-order valence-electron chi connectivity index (χ4n) is 11.2. The average Bonchev–Trinajstić information content (AvgIpc) is 2.76. The number of benzene rings is 10. The van der Waals surface area contributed by atoms with Crippen LogP contribution < -0.4 is 0 Å². The maximum Gasteiger partial charge on any atom is 0.417 e. The molecule has 0 saturated heterocycles. The van der Waals surface area contributed by atoms with E-state index < -0.39 is 11.7 Å². The largest absolute Gasteiger partial charge is 0.417 e. The van der Waals surface area contributed by atoms with Crippen LogP contribution in [0.3, 0.4) is 0 Å². The molecule has 0 aliphatic rings. The van der Waals surface area contributed by atoms with Gasteiger partial charge in [-0.15, -0.1) is 0 Å². The molecule has 0 aliphatic heterocycles. The molecule has 0 N–H and O–H groups in total. The van der Waals surface area contributed by atoms with E-state index in [1.54, 1.807) is 57.7 Å². The van der Waals surface area contributed by atoms with Crippen LogP contribution in [0, 0.1) is 102 Å². The van der Waals surface area contributed by atoms with Crippen LogP contribution in [0.4, 0.5) is 13.2 Å². The van der Waals surface area contributed by atoms with Crippen molar-refractivity contribution >= 4 is 43.6 Å². The third-order valence-corrected chi connectivity index (χ3v) is 14.8. The van der Waals surface area contributed by atoms with Crippen molar-refractivity contribution in [3.8, 4) is 122 Å². The lowest BCUT2D eigenvalue weighted by Crippen LogP contribution is -2.11. The van der Waals surface area contributed by atoms with E-state index >= 15 is 13.2 Å². The number of hydrogen-bond acceptors (Lipinski definition) is 9. The van der Waals surface area contributed by atoms with Gasteiger partial charge < -0.3 is 9.13 Å². The van der Waals surface area contributed by atoms with E-state index in [-0.39, 0.29) is 72.6 Å². The number of aromatic nitrogens is 2. The smallest absolute Gasteiger partial charge is 0.308 e. The molecular weight excluding hydrogens is 1050 g/mol. The molecule has 0 radical (unpaired) electrons. The molecule has 0 amide bonds. The molecule has 11 nitrogen and oxygen atoms in total. The van der Waals surface area contributed by atoms with Gasteiger partial charge in [0, 0.05) is 27.1 Å². The Kier molecular flexibility index (Phi) is 12.5. The fourth-order valence-corrected chi connectivity index (χ4v) is 11.2. The molecule has 0 fully saturated rings. The number of halogens is 3. The summed E-state index contributed by atoms with van der Waals surface area (Å²) in [5.41, 5.74) is 6.63. The number of nitriles is 9. The summed E-state index contributed by atoms with van der Waals surface area (Å²) < 4.78 is 51.7. The molecule has 12 rings (SSSR count). The zero-order chi connectivity index (χ0) is 58.6. The lowest BCUT2D eigenvalue weighted by atomic mass is 9.93. The second-order valence-corrected chi connectivity index (χ2v) is 19.7. The monoisotopic (exact) mass is 1080 g/mol. The Balaban J connectivity index is 1.29. The Hall–Kier alpha value is -13.0. The van der Waals surface area contributed by atoms with Crippen LogP contribution in [0.5, 0.6) is 0 Å². The van der Waals surface area contributed by atoms with Crippen molar-refractivity contribution < 1.29 is 13.2 Å². The van der Waals surface area contributed by atoms with Crippen LogP contribution in [0.1, 0.15) is 55.6 Å². The minimum absolute atomic E-state index is 0.0131. The zero-order valence-electron chi connectivity index (χ0n) is 43.4.